The van der Waals surface area contributed by atoms with Crippen molar-refractivity contribution < 1.29 is 23.4 Å². The van der Waals surface area contributed by atoms with E-state index in [0.29, 0.717) is 0 Å². The summed E-state index contributed by atoms with van der Waals surface area (Å²) in [7, 11) is 0. The maximum absolute atomic E-state index is 12.8. The van der Waals surface area contributed by atoms with Crippen molar-refractivity contribution in [3.63, 3.8) is 0 Å². The first-order valence-electron chi connectivity index (χ1n) is 6.63. The van der Waals surface area contributed by atoms with E-state index < -0.39 is 23.0 Å². The van der Waals surface area contributed by atoms with E-state index in [1.807, 2.05) is 0 Å². The number of fused-ring (bicyclic) bond motifs is 1. The Kier molecular flexibility index (Phi) is 3.68. The standard InChI is InChI=1S/C16H9ClF3NO3/c17-8-2-4-12(22)10(6-8)13-9-3-1-7(16(18,19)20)5-11(9)21-15(24)14(13)23/h1-6,22-23H,(H,21,24). The SMILES string of the molecule is O=c1[nH]c2cc(C(F)(F)F)ccc2c(-c2cc(Cl)ccc2O)c1O. The molecule has 3 aromatic rings. The summed E-state index contributed by atoms with van der Waals surface area (Å²) in [6.45, 7) is 0. The van der Waals surface area contributed by atoms with Crippen LogP contribution in [0.2, 0.25) is 5.02 Å². The maximum atomic E-state index is 12.8. The van der Waals surface area contributed by atoms with Gasteiger partial charge in [0, 0.05) is 27.1 Å². The number of rotatable bonds is 1. The Hall–Kier alpha value is -2.67. The van der Waals surface area contributed by atoms with Gasteiger partial charge in [0.1, 0.15) is 5.75 Å². The van der Waals surface area contributed by atoms with E-state index in [0.717, 1.165) is 18.2 Å². The molecule has 0 saturated heterocycles. The molecule has 8 heteroatoms. The summed E-state index contributed by atoms with van der Waals surface area (Å²) >= 11 is 5.87. The Labute approximate surface area is 137 Å². The second kappa shape index (κ2) is 5.45. The molecule has 0 aliphatic heterocycles. The third-order valence-electron chi connectivity index (χ3n) is 3.54. The van der Waals surface area contributed by atoms with Crippen LogP contribution in [-0.2, 0) is 6.18 Å². The van der Waals surface area contributed by atoms with Gasteiger partial charge in [-0.2, -0.15) is 13.2 Å². The molecule has 0 unspecified atom stereocenters. The largest absolute Gasteiger partial charge is 0.507 e. The van der Waals surface area contributed by atoms with Gasteiger partial charge in [-0.25, -0.2) is 0 Å². The second-order valence-electron chi connectivity index (χ2n) is 5.10. The number of aromatic amines is 1. The molecule has 1 aromatic heterocycles. The van der Waals surface area contributed by atoms with Crippen LogP contribution in [0.15, 0.2) is 41.2 Å². The van der Waals surface area contributed by atoms with Crippen LogP contribution in [0, 0.1) is 0 Å². The van der Waals surface area contributed by atoms with Gasteiger partial charge in [-0.05, 0) is 30.3 Å². The molecule has 0 aliphatic carbocycles. The summed E-state index contributed by atoms with van der Waals surface area (Å²) in [6.07, 6.45) is -4.58. The van der Waals surface area contributed by atoms with Crippen molar-refractivity contribution >= 4 is 22.5 Å². The summed E-state index contributed by atoms with van der Waals surface area (Å²) in [5.41, 5.74) is -2.10. The molecular weight excluding hydrogens is 347 g/mol. The average Bonchev–Trinajstić information content (AvgIpc) is 2.50. The fraction of sp³-hybridized carbons (Fsp3) is 0.0625. The van der Waals surface area contributed by atoms with Crippen LogP contribution in [0.4, 0.5) is 13.2 Å². The van der Waals surface area contributed by atoms with Crippen LogP contribution in [-0.4, -0.2) is 15.2 Å². The quantitative estimate of drug-likeness (QED) is 0.610. The topological polar surface area (TPSA) is 73.3 Å². The van der Waals surface area contributed by atoms with Gasteiger partial charge in [-0.1, -0.05) is 17.7 Å². The maximum Gasteiger partial charge on any atom is 0.416 e. The van der Waals surface area contributed by atoms with E-state index in [9.17, 15) is 28.2 Å². The van der Waals surface area contributed by atoms with Crippen LogP contribution in [0.3, 0.4) is 0 Å². The fourth-order valence-electron chi connectivity index (χ4n) is 2.45. The van der Waals surface area contributed by atoms with Crippen molar-refractivity contribution in [2.45, 2.75) is 6.18 Å². The Bertz CT molecular complexity index is 1010. The number of phenolic OH excluding ortho intramolecular Hbond substituents is 1. The summed E-state index contributed by atoms with van der Waals surface area (Å²) in [5, 5.41) is 20.4. The Balaban J connectivity index is 2.41. The summed E-state index contributed by atoms with van der Waals surface area (Å²) in [5.74, 6) is -0.999. The first-order chi connectivity index (χ1) is 11.2. The van der Waals surface area contributed by atoms with Crippen molar-refractivity contribution in [1.29, 1.82) is 0 Å². The monoisotopic (exact) mass is 355 g/mol. The van der Waals surface area contributed by atoms with Crippen molar-refractivity contribution in [3.05, 3.63) is 57.3 Å². The molecule has 0 amide bonds. The Morgan fingerprint density at radius 3 is 2.42 bits per heavy atom. The molecule has 0 atom stereocenters. The minimum Gasteiger partial charge on any atom is -0.507 e. The lowest BCUT2D eigenvalue weighted by molar-refractivity contribution is -0.137. The zero-order valence-corrected chi connectivity index (χ0v) is 12.5. The van der Waals surface area contributed by atoms with Crippen LogP contribution in [0.25, 0.3) is 22.0 Å². The van der Waals surface area contributed by atoms with Gasteiger partial charge in [0.05, 0.1) is 5.56 Å². The molecule has 3 N–H and O–H groups in total. The number of alkyl halides is 3. The number of aromatic nitrogens is 1. The van der Waals surface area contributed by atoms with Crippen LogP contribution < -0.4 is 5.56 Å². The fourth-order valence-corrected chi connectivity index (χ4v) is 2.62. The first-order valence-corrected chi connectivity index (χ1v) is 7.01. The third kappa shape index (κ3) is 2.67. The zero-order valence-electron chi connectivity index (χ0n) is 11.8. The normalized spacial score (nSPS) is 11.8. The lowest BCUT2D eigenvalue weighted by atomic mass is 9.98. The number of pyridine rings is 1. The van der Waals surface area contributed by atoms with Crippen molar-refractivity contribution in [2.75, 3.05) is 0 Å². The molecule has 0 spiro atoms. The predicted molar refractivity (Wildman–Crippen MR) is 83.3 cm³/mol. The second-order valence-corrected chi connectivity index (χ2v) is 5.53. The number of aromatic hydroxyl groups is 2. The molecule has 2 aromatic carbocycles. The first kappa shape index (κ1) is 16.2. The number of halogens is 4. The highest BCUT2D eigenvalue weighted by Gasteiger charge is 2.31. The van der Waals surface area contributed by atoms with E-state index in [1.165, 1.54) is 18.2 Å². The summed E-state index contributed by atoms with van der Waals surface area (Å²) < 4.78 is 38.5. The Morgan fingerprint density at radius 1 is 1.04 bits per heavy atom. The van der Waals surface area contributed by atoms with Gasteiger partial charge in [0.25, 0.3) is 5.56 Å². The van der Waals surface area contributed by atoms with E-state index in [-0.39, 0.29) is 32.8 Å². The van der Waals surface area contributed by atoms with E-state index in [1.54, 1.807) is 0 Å². The van der Waals surface area contributed by atoms with Gasteiger partial charge in [-0.3, -0.25) is 4.79 Å². The average molecular weight is 356 g/mol. The number of phenols is 1. The van der Waals surface area contributed by atoms with Crippen molar-refractivity contribution in [2.24, 2.45) is 0 Å². The molecule has 0 radical (unpaired) electrons. The molecule has 0 saturated carbocycles. The van der Waals surface area contributed by atoms with Gasteiger partial charge in [-0.15, -0.1) is 0 Å². The molecule has 1 heterocycles. The Morgan fingerprint density at radius 2 is 1.75 bits per heavy atom. The highest BCUT2D eigenvalue weighted by atomic mass is 35.5. The van der Waals surface area contributed by atoms with Crippen LogP contribution in [0.1, 0.15) is 5.56 Å². The molecule has 124 valence electrons. The van der Waals surface area contributed by atoms with Crippen molar-refractivity contribution in [1.82, 2.24) is 4.98 Å². The molecule has 0 bridgehead atoms. The van der Waals surface area contributed by atoms with Gasteiger partial charge < -0.3 is 15.2 Å². The van der Waals surface area contributed by atoms with E-state index in [2.05, 4.69) is 4.98 Å². The van der Waals surface area contributed by atoms with Crippen LogP contribution >= 0.6 is 11.6 Å². The smallest absolute Gasteiger partial charge is 0.416 e. The van der Waals surface area contributed by atoms with Crippen molar-refractivity contribution in [3.8, 4) is 22.6 Å². The highest BCUT2D eigenvalue weighted by Crippen LogP contribution is 2.40. The molecule has 0 aliphatic rings. The summed E-state index contributed by atoms with van der Waals surface area (Å²) in [6, 6.07) is 6.67. The number of hydrogen-bond acceptors (Lipinski definition) is 3. The number of H-pyrrole nitrogens is 1. The minimum atomic E-state index is -4.58. The van der Waals surface area contributed by atoms with E-state index in [4.69, 9.17) is 11.6 Å². The zero-order chi connectivity index (χ0) is 17.6. The third-order valence-corrected chi connectivity index (χ3v) is 3.78. The summed E-state index contributed by atoms with van der Waals surface area (Å²) in [4.78, 5) is 14.1. The lowest BCUT2D eigenvalue weighted by Gasteiger charge is -2.13. The highest BCUT2D eigenvalue weighted by molar-refractivity contribution is 6.31. The number of hydrogen-bond donors (Lipinski definition) is 3. The molecule has 0 fully saturated rings. The molecule has 24 heavy (non-hydrogen) atoms. The van der Waals surface area contributed by atoms with Gasteiger partial charge >= 0.3 is 6.18 Å². The van der Waals surface area contributed by atoms with E-state index >= 15 is 0 Å². The predicted octanol–water partition coefficient (Wildman–Crippen LogP) is 4.28. The number of nitrogens with one attached hydrogen (secondary N) is 1. The molecular formula is C16H9ClF3NO3. The van der Waals surface area contributed by atoms with Gasteiger partial charge in [0.15, 0.2) is 5.75 Å². The molecule has 3 rings (SSSR count). The lowest BCUT2D eigenvalue weighted by Crippen LogP contribution is -2.09. The number of benzene rings is 2. The van der Waals surface area contributed by atoms with Crippen LogP contribution in [0.5, 0.6) is 11.5 Å². The molecule has 4 nitrogen and oxygen atoms in total. The minimum absolute atomic E-state index is 0.0378. The van der Waals surface area contributed by atoms with Gasteiger partial charge in [0.2, 0.25) is 0 Å².